The molecule has 0 fully saturated rings. The van der Waals surface area contributed by atoms with Crippen LogP contribution in [0.2, 0.25) is 0 Å². The number of hydrogen-bond donors (Lipinski definition) is 0. The lowest BCUT2D eigenvalue weighted by Gasteiger charge is -1.99. The standard InChI is InChI=1S/C7H5BrFI/c1-4-2-3-5(8)6(9)7(4)10/h2-3H,1H3. The first kappa shape index (κ1) is 8.46. The van der Waals surface area contributed by atoms with Gasteiger partial charge in [-0.1, -0.05) is 6.07 Å². The molecule has 0 saturated heterocycles. The molecule has 1 aromatic rings. The molecule has 3 heteroatoms. The van der Waals surface area contributed by atoms with E-state index in [9.17, 15) is 4.39 Å². The van der Waals surface area contributed by atoms with Crippen molar-refractivity contribution >= 4 is 38.5 Å². The molecule has 0 saturated carbocycles. The topological polar surface area (TPSA) is 0 Å². The predicted molar refractivity (Wildman–Crippen MR) is 51.6 cm³/mol. The van der Waals surface area contributed by atoms with Gasteiger partial charge >= 0.3 is 0 Å². The molecule has 0 atom stereocenters. The molecule has 10 heavy (non-hydrogen) atoms. The van der Waals surface area contributed by atoms with Crippen molar-refractivity contribution in [1.82, 2.24) is 0 Å². The Balaban J connectivity index is 3.34. The van der Waals surface area contributed by atoms with E-state index in [1.54, 1.807) is 6.07 Å². The third kappa shape index (κ3) is 1.50. The van der Waals surface area contributed by atoms with Gasteiger partial charge in [-0.05, 0) is 57.1 Å². The van der Waals surface area contributed by atoms with Crippen LogP contribution in [0, 0.1) is 16.3 Å². The van der Waals surface area contributed by atoms with Crippen LogP contribution in [0.5, 0.6) is 0 Å². The molecule has 0 unspecified atom stereocenters. The lowest BCUT2D eigenvalue weighted by molar-refractivity contribution is 0.612. The lowest BCUT2D eigenvalue weighted by Crippen LogP contribution is -1.86. The Labute approximate surface area is 81.1 Å². The largest absolute Gasteiger partial charge is 0.205 e. The maximum absolute atomic E-state index is 12.9. The number of rotatable bonds is 0. The normalized spacial score (nSPS) is 10.0. The fourth-order valence-corrected chi connectivity index (χ4v) is 1.79. The first-order valence-corrected chi connectivity index (χ1v) is 4.60. The van der Waals surface area contributed by atoms with E-state index in [0.717, 1.165) is 5.56 Å². The van der Waals surface area contributed by atoms with E-state index >= 15 is 0 Å². The Morgan fingerprint density at radius 2 is 2.10 bits per heavy atom. The molecule has 54 valence electrons. The van der Waals surface area contributed by atoms with Crippen molar-refractivity contribution in [2.75, 3.05) is 0 Å². The molecule has 0 aliphatic rings. The monoisotopic (exact) mass is 314 g/mol. The van der Waals surface area contributed by atoms with Crippen LogP contribution >= 0.6 is 38.5 Å². The van der Waals surface area contributed by atoms with Gasteiger partial charge in [0.15, 0.2) is 5.82 Å². The average Bonchev–Trinajstić information content (AvgIpc) is 1.93. The maximum atomic E-state index is 12.9. The first-order valence-electron chi connectivity index (χ1n) is 2.73. The van der Waals surface area contributed by atoms with Gasteiger partial charge in [-0.15, -0.1) is 0 Å². The van der Waals surface area contributed by atoms with E-state index in [-0.39, 0.29) is 5.82 Å². The molecule has 0 aromatic heterocycles. The van der Waals surface area contributed by atoms with Gasteiger partial charge in [-0.25, -0.2) is 4.39 Å². The second kappa shape index (κ2) is 3.17. The molecule has 0 bridgehead atoms. The maximum Gasteiger partial charge on any atom is 0.150 e. The van der Waals surface area contributed by atoms with E-state index in [1.165, 1.54) is 0 Å². The molecule has 1 aromatic carbocycles. The van der Waals surface area contributed by atoms with Gasteiger partial charge in [0.25, 0.3) is 0 Å². The van der Waals surface area contributed by atoms with Gasteiger partial charge in [0.1, 0.15) is 0 Å². The van der Waals surface area contributed by atoms with Crippen molar-refractivity contribution in [3.05, 3.63) is 31.6 Å². The minimum absolute atomic E-state index is 0.166. The molecule has 0 aliphatic heterocycles. The van der Waals surface area contributed by atoms with Crippen LogP contribution in [0.4, 0.5) is 4.39 Å². The highest BCUT2D eigenvalue weighted by Crippen LogP contribution is 2.22. The van der Waals surface area contributed by atoms with Crippen LogP contribution in [-0.4, -0.2) is 0 Å². The van der Waals surface area contributed by atoms with Gasteiger partial charge < -0.3 is 0 Å². The zero-order valence-electron chi connectivity index (χ0n) is 5.29. The summed E-state index contributed by atoms with van der Waals surface area (Å²) < 4.78 is 14.2. The van der Waals surface area contributed by atoms with Crippen LogP contribution in [0.3, 0.4) is 0 Å². The molecule has 0 nitrogen and oxygen atoms in total. The minimum Gasteiger partial charge on any atom is -0.205 e. The quantitative estimate of drug-likeness (QED) is 0.508. The summed E-state index contributed by atoms with van der Waals surface area (Å²) in [5.74, 6) is -0.166. The zero-order chi connectivity index (χ0) is 7.72. The number of benzene rings is 1. The first-order chi connectivity index (χ1) is 4.63. The van der Waals surface area contributed by atoms with Gasteiger partial charge in [-0.3, -0.25) is 0 Å². The Hall–Kier alpha value is 0.360. The Bertz CT molecular complexity index is 233. The van der Waals surface area contributed by atoms with Crippen LogP contribution in [-0.2, 0) is 0 Å². The van der Waals surface area contributed by atoms with Gasteiger partial charge in [0.2, 0.25) is 0 Å². The van der Waals surface area contributed by atoms with E-state index < -0.39 is 0 Å². The number of aryl methyl sites for hydroxylation is 1. The SMILES string of the molecule is Cc1ccc(Br)c(F)c1I. The van der Waals surface area contributed by atoms with E-state index in [0.29, 0.717) is 8.04 Å². The molecule has 0 heterocycles. The van der Waals surface area contributed by atoms with Crippen molar-refractivity contribution in [3.63, 3.8) is 0 Å². The Kier molecular flexibility index (Phi) is 2.68. The van der Waals surface area contributed by atoms with Gasteiger partial charge in [0.05, 0.1) is 8.04 Å². The molecule has 1 rings (SSSR count). The third-order valence-corrected chi connectivity index (χ3v) is 3.17. The van der Waals surface area contributed by atoms with Crippen LogP contribution < -0.4 is 0 Å². The summed E-state index contributed by atoms with van der Waals surface area (Å²) in [6.45, 7) is 1.89. The second-order valence-corrected chi connectivity index (χ2v) is 3.93. The lowest BCUT2D eigenvalue weighted by atomic mass is 10.2. The van der Waals surface area contributed by atoms with E-state index in [1.807, 2.05) is 35.6 Å². The fraction of sp³-hybridized carbons (Fsp3) is 0.143. The summed E-state index contributed by atoms with van der Waals surface area (Å²) in [5, 5.41) is 0. The van der Waals surface area contributed by atoms with Crippen LogP contribution in [0.15, 0.2) is 16.6 Å². The summed E-state index contributed by atoms with van der Waals surface area (Å²) in [4.78, 5) is 0. The molecular weight excluding hydrogens is 310 g/mol. The van der Waals surface area contributed by atoms with E-state index in [2.05, 4.69) is 15.9 Å². The van der Waals surface area contributed by atoms with Crippen molar-refractivity contribution in [2.45, 2.75) is 6.92 Å². The molecular formula is C7H5BrFI. The minimum atomic E-state index is -0.166. The van der Waals surface area contributed by atoms with Crippen LogP contribution in [0.1, 0.15) is 5.56 Å². The summed E-state index contributed by atoms with van der Waals surface area (Å²) in [7, 11) is 0. The smallest absolute Gasteiger partial charge is 0.150 e. The molecule has 0 radical (unpaired) electrons. The fourth-order valence-electron chi connectivity index (χ4n) is 0.622. The predicted octanol–water partition coefficient (Wildman–Crippen LogP) is 3.50. The Morgan fingerprint density at radius 1 is 1.50 bits per heavy atom. The van der Waals surface area contributed by atoms with Crippen molar-refractivity contribution < 1.29 is 4.39 Å². The van der Waals surface area contributed by atoms with Crippen molar-refractivity contribution in [3.8, 4) is 0 Å². The van der Waals surface area contributed by atoms with Crippen LogP contribution in [0.25, 0.3) is 0 Å². The molecule has 0 aliphatic carbocycles. The van der Waals surface area contributed by atoms with E-state index in [4.69, 9.17) is 0 Å². The summed E-state index contributed by atoms with van der Waals surface area (Å²) in [6, 6.07) is 3.60. The highest BCUT2D eigenvalue weighted by atomic mass is 127. The van der Waals surface area contributed by atoms with Crippen molar-refractivity contribution in [1.29, 1.82) is 0 Å². The molecule has 0 spiro atoms. The highest BCUT2D eigenvalue weighted by Gasteiger charge is 2.04. The third-order valence-electron chi connectivity index (χ3n) is 1.23. The number of hydrogen-bond acceptors (Lipinski definition) is 0. The van der Waals surface area contributed by atoms with Gasteiger partial charge in [0, 0.05) is 0 Å². The molecule has 0 N–H and O–H groups in total. The van der Waals surface area contributed by atoms with Gasteiger partial charge in [-0.2, -0.15) is 0 Å². The zero-order valence-corrected chi connectivity index (χ0v) is 9.03. The average molecular weight is 315 g/mol. The summed E-state index contributed by atoms with van der Waals surface area (Å²) >= 11 is 5.09. The van der Waals surface area contributed by atoms with Crippen molar-refractivity contribution in [2.24, 2.45) is 0 Å². The summed E-state index contributed by atoms with van der Waals surface area (Å²) in [6.07, 6.45) is 0. The highest BCUT2D eigenvalue weighted by molar-refractivity contribution is 14.1. The summed E-state index contributed by atoms with van der Waals surface area (Å²) in [5.41, 5.74) is 0.973. The molecule has 0 amide bonds. The Morgan fingerprint density at radius 3 is 2.60 bits per heavy atom. The number of halogens is 3. The second-order valence-electron chi connectivity index (χ2n) is 1.99.